The minimum absolute atomic E-state index is 0.00741. The second-order valence-corrected chi connectivity index (χ2v) is 10.9. The van der Waals surface area contributed by atoms with Crippen molar-refractivity contribution in [3.05, 3.63) is 125 Å². The second kappa shape index (κ2) is 12.8. The van der Waals surface area contributed by atoms with E-state index in [1.54, 1.807) is 16.4 Å². The average Bonchev–Trinajstić information content (AvgIpc) is 3.53. The minimum Gasteiger partial charge on any atom is -0.392 e. The maximum absolute atomic E-state index is 9.49. The van der Waals surface area contributed by atoms with Gasteiger partial charge < -0.3 is 20.3 Å². The Balaban J connectivity index is 1.22. The van der Waals surface area contributed by atoms with E-state index in [4.69, 9.17) is 15.2 Å². The molecule has 1 aliphatic heterocycles. The summed E-state index contributed by atoms with van der Waals surface area (Å²) in [7, 11) is 0. The van der Waals surface area contributed by atoms with Gasteiger partial charge in [-0.15, -0.1) is 5.10 Å². The van der Waals surface area contributed by atoms with Crippen molar-refractivity contribution in [1.82, 2.24) is 20.2 Å². The smallest absolute Gasteiger partial charge is 0.214 e. The van der Waals surface area contributed by atoms with Gasteiger partial charge in [0.25, 0.3) is 0 Å². The molecule has 0 aliphatic carbocycles. The van der Waals surface area contributed by atoms with Gasteiger partial charge in [-0.2, -0.15) is 4.68 Å². The van der Waals surface area contributed by atoms with Gasteiger partial charge in [0.2, 0.25) is 5.16 Å². The summed E-state index contributed by atoms with van der Waals surface area (Å²) in [5.41, 5.74) is 12.9. The van der Waals surface area contributed by atoms with E-state index < -0.39 is 6.29 Å². The van der Waals surface area contributed by atoms with Crippen LogP contribution in [0.4, 0.5) is 0 Å². The quantitative estimate of drug-likeness (QED) is 0.222. The Morgan fingerprint density at radius 1 is 0.829 bits per heavy atom. The molecule has 4 aromatic carbocycles. The Kier molecular flexibility index (Phi) is 8.50. The van der Waals surface area contributed by atoms with Crippen LogP contribution in [0.1, 0.15) is 41.1 Å². The van der Waals surface area contributed by atoms with Crippen molar-refractivity contribution in [2.75, 3.05) is 5.75 Å². The highest BCUT2D eigenvalue weighted by atomic mass is 32.2. The van der Waals surface area contributed by atoms with Crippen LogP contribution in [-0.2, 0) is 22.6 Å². The number of aromatic nitrogens is 4. The summed E-state index contributed by atoms with van der Waals surface area (Å²) < 4.78 is 14.8. The lowest BCUT2D eigenvalue weighted by Crippen LogP contribution is -2.31. The molecule has 5 aromatic rings. The Labute approximate surface area is 243 Å². The molecule has 1 saturated heterocycles. The topological polar surface area (TPSA) is 108 Å². The molecule has 2 heterocycles. The summed E-state index contributed by atoms with van der Waals surface area (Å²) in [6, 6.07) is 34.3. The molecule has 0 saturated carbocycles. The van der Waals surface area contributed by atoms with Crippen molar-refractivity contribution in [2.45, 2.75) is 43.2 Å². The van der Waals surface area contributed by atoms with Crippen LogP contribution in [0.3, 0.4) is 0 Å². The highest BCUT2D eigenvalue weighted by Gasteiger charge is 2.32. The number of hydrogen-bond acceptors (Lipinski definition) is 8. The number of aliphatic hydroxyl groups is 1. The number of ether oxygens (including phenoxy) is 2. The fraction of sp³-hybridized carbons (Fsp3) is 0.219. The molecule has 6 rings (SSSR count). The molecule has 0 amide bonds. The number of benzene rings is 4. The fourth-order valence-corrected chi connectivity index (χ4v) is 5.81. The summed E-state index contributed by atoms with van der Waals surface area (Å²) in [5, 5.41) is 22.5. The molecule has 8 nitrogen and oxygen atoms in total. The molecule has 1 fully saturated rings. The maximum atomic E-state index is 9.49. The van der Waals surface area contributed by atoms with E-state index in [2.05, 4.69) is 51.9 Å². The number of rotatable bonds is 9. The van der Waals surface area contributed by atoms with Gasteiger partial charge in [-0.25, -0.2) is 0 Å². The predicted molar refractivity (Wildman–Crippen MR) is 158 cm³/mol. The molecule has 208 valence electrons. The minimum atomic E-state index is -0.536. The van der Waals surface area contributed by atoms with Crippen LogP contribution in [0.25, 0.3) is 16.8 Å². The van der Waals surface area contributed by atoms with Crippen LogP contribution in [0.2, 0.25) is 0 Å². The van der Waals surface area contributed by atoms with Crippen LogP contribution in [0, 0.1) is 0 Å². The van der Waals surface area contributed by atoms with Gasteiger partial charge >= 0.3 is 0 Å². The van der Waals surface area contributed by atoms with Crippen LogP contribution >= 0.6 is 11.8 Å². The maximum Gasteiger partial charge on any atom is 0.214 e. The molecule has 1 aromatic heterocycles. The molecular formula is C32H31N5O3S. The van der Waals surface area contributed by atoms with E-state index in [9.17, 15) is 5.11 Å². The molecule has 1 aliphatic rings. The summed E-state index contributed by atoms with van der Waals surface area (Å²) in [4.78, 5) is 0. The molecule has 9 heteroatoms. The number of tetrazole rings is 1. The van der Waals surface area contributed by atoms with Crippen LogP contribution in [0.15, 0.2) is 108 Å². The summed E-state index contributed by atoms with van der Waals surface area (Å²) in [5.74, 6) is 0.655. The first kappa shape index (κ1) is 27.3. The van der Waals surface area contributed by atoms with Gasteiger partial charge in [-0.3, -0.25) is 0 Å². The molecule has 3 atom stereocenters. The van der Waals surface area contributed by atoms with E-state index in [0.29, 0.717) is 23.9 Å². The molecule has 0 spiro atoms. The lowest BCUT2D eigenvalue weighted by molar-refractivity contribution is -0.245. The van der Waals surface area contributed by atoms with Gasteiger partial charge in [0.05, 0.1) is 24.5 Å². The van der Waals surface area contributed by atoms with Crippen LogP contribution < -0.4 is 5.73 Å². The van der Waals surface area contributed by atoms with Gasteiger partial charge in [0.1, 0.15) is 0 Å². The molecule has 0 bridgehead atoms. The largest absolute Gasteiger partial charge is 0.392 e. The van der Waals surface area contributed by atoms with Crippen molar-refractivity contribution in [3.63, 3.8) is 0 Å². The fourth-order valence-electron chi connectivity index (χ4n) is 4.90. The number of nitrogens with zero attached hydrogens (tertiary/aromatic N) is 4. The van der Waals surface area contributed by atoms with Crippen molar-refractivity contribution in [2.24, 2.45) is 5.73 Å². The Bertz CT molecular complexity index is 1560. The molecule has 3 N–H and O–H groups in total. The number of aliphatic hydroxyl groups excluding tert-OH is 1. The first-order valence-corrected chi connectivity index (χ1v) is 14.6. The van der Waals surface area contributed by atoms with Gasteiger partial charge in [-0.05, 0) is 56.4 Å². The van der Waals surface area contributed by atoms with E-state index in [0.717, 1.165) is 39.1 Å². The number of hydrogen-bond donors (Lipinski definition) is 2. The third-order valence-electron chi connectivity index (χ3n) is 7.13. The zero-order valence-electron chi connectivity index (χ0n) is 22.4. The normalized spacial score (nSPS) is 18.8. The van der Waals surface area contributed by atoms with E-state index >= 15 is 0 Å². The monoisotopic (exact) mass is 565 g/mol. The standard InChI is InChI=1S/C32H31N5O3S/c33-19-23-5-4-6-27(17-23)24-13-15-26(16-14-24)31-39-29(18-30(40-31)25-11-9-22(20-38)10-12-25)21-41-32-34-35-36-37(32)28-7-2-1-3-8-28/h1-17,29-31,38H,18-21,33H2/t29-,30+,31+/m0/s1. The van der Waals surface area contributed by atoms with Crippen LogP contribution in [0.5, 0.6) is 0 Å². The Hall–Kier alpha value is -3.86. The lowest BCUT2D eigenvalue weighted by atomic mass is 9.99. The molecule has 41 heavy (non-hydrogen) atoms. The van der Waals surface area contributed by atoms with Crippen molar-refractivity contribution in [3.8, 4) is 16.8 Å². The SMILES string of the molecule is NCc1cccc(-c2ccc([C@@H]3O[C@H](CSc4nnnn4-c4ccccc4)C[C@H](c4ccc(CO)cc4)O3)cc2)c1. The zero-order valence-corrected chi connectivity index (χ0v) is 23.2. The number of para-hydroxylation sites is 1. The van der Waals surface area contributed by atoms with Crippen molar-refractivity contribution in [1.29, 1.82) is 0 Å². The highest BCUT2D eigenvalue weighted by molar-refractivity contribution is 7.99. The Morgan fingerprint density at radius 3 is 2.37 bits per heavy atom. The lowest BCUT2D eigenvalue weighted by Gasteiger charge is -2.36. The highest BCUT2D eigenvalue weighted by Crippen LogP contribution is 2.39. The molecule has 0 radical (unpaired) electrons. The van der Waals surface area contributed by atoms with Gasteiger partial charge in [-0.1, -0.05) is 96.7 Å². The second-order valence-electron chi connectivity index (χ2n) is 9.90. The first-order chi connectivity index (χ1) is 20.2. The third kappa shape index (κ3) is 6.40. The first-order valence-electron chi connectivity index (χ1n) is 13.6. The molecular weight excluding hydrogens is 534 g/mol. The van der Waals surface area contributed by atoms with E-state index in [1.165, 1.54) is 0 Å². The predicted octanol–water partition coefficient (Wildman–Crippen LogP) is 5.62. The van der Waals surface area contributed by atoms with Gasteiger partial charge in [0, 0.05) is 24.3 Å². The summed E-state index contributed by atoms with van der Waals surface area (Å²) in [6.45, 7) is 0.515. The Morgan fingerprint density at radius 2 is 1.61 bits per heavy atom. The summed E-state index contributed by atoms with van der Waals surface area (Å²) in [6.07, 6.45) is -0.133. The average molecular weight is 566 g/mol. The van der Waals surface area contributed by atoms with E-state index in [-0.39, 0.29) is 18.8 Å². The van der Waals surface area contributed by atoms with Crippen molar-refractivity contribution < 1.29 is 14.6 Å². The zero-order chi connectivity index (χ0) is 28.0. The van der Waals surface area contributed by atoms with Crippen LogP contribution in [-0.4, -0.2) is 37.2 Å². The number of thioether (sulfide) groups is 1. The number of nitrogens with two attached hydrogens (primary N) is 1. The van der Waals surface area contributed by atoms with E-state index in [1.807, 2.05) is 66.7 Å². The molecule has 0 unspecified atom stereocenters. The van der Waals surface area contributed by atoms with Crippen molar-refractivity contribution >= 4 is 11.8 Å². The summed E-state index contributed by atoms with van der Waals surface area (Å²) >= 11 is 1.56. The van der Waals surface area contributed by atoms with Gasteiger partial charge in [0.15, 0.2) is 6.29 Å². The third-order valence-corrected chi connectivity index (χ3v) is 8.19.